The first-order valence-electron chi connectivity index (χ1n) is 29.9. The number of halogens is 1. The number of imidazole rings is 2. The van der Waals surface area contributed by atoms with Gasteiger partial charge in [0.2, 0.25) is 17.7 Å². The summed E-state index contributed by atoms with van der Waals surface area (Å²) < 4.78 is 21.8. The zero-order chi connectivity index (χ0) is 64.7. The number of para-hydroxylation sites is 2. The number of fused-ring (bicyclic) bond motifs is 2. The van der Waals surface area contributed by atoms with E-state index in [9.17, 15) is 29.2 Å². The molecule has 21 heteroatoms. The van der Waals surface area contributed by atoms with Gasteiger partial charge in [0.25, 0.3) is 11.8 Å². The van der Waals surface area contributed by atoms with Crippen LogP contribution in [0.25, 0.3) is 0 Å². The van der Waals surface area contributed by atoms with Crippen molar-refractivity contribution in [3.05, 3.63) is 266 Å². The van der Waals surface area contributed by atoms with Gasteiger partial charge in [-0.1, -0.05) is 115 Å². The zero-order valence-electron chi connectivity index (χ0n) is 50.5. The summed E-state index contributed by atoms with van der Waals surface area (Å²) in [5, 5.41) is 31.4. The van der Waals surface area contributed by atoms with E-state index < -0.39 is 35.7 Å². The summed E-state index contributed by atoms with van der Waals surface area (Å²) in [6, 6.07) is 51.6. The Kier molecular flexibility index (Phi) is 20.9. The summed E-state index contributed by atoms with van der Waals surface area (Å²) in [6.45, 7) is 2.83. The molecule has 2 aliphatic rings. The molecule has 0 radical (unpaired) electrons. The number of amides is 4. The van der Waals surface area contributed by atoms with Crippen LogP contribution in [0.4, 0.5) is 0 Å². The van der Waals surface area contributed by atoms with E-state index in [1.54, 1.807) is 79.3 Å². The maximum Gasteiger partial charge on any atom is 0.255 e. The second kappa shape index (κ2) is 30.1. The highest BCUT2D eigenvalue weighted by Gasteiger charge is 2.35. The summed E-state index contributed by atoms with van der Waals surface area (Å²) in [7, 11) is 1.81. The normalized spacial score (nSPS) is 15.5. The summed E-state index contributed by atoms with van der Waals surface area (Å²) in [4.78, 5) is 73.1. The fraction of sp³-hybridized carbons (Fsp3) is 0.225. The first-order chi connectivity index (χ1) is 44.6. The average Bonchev–Trinajstić information content (AvgIpc) is 1.19. The number of nitrogens with zero attached hydrogens (tertiary/aromatic N) is 6. The van der Waals surface area contributed by atoms with Gasteiger partial charge in [-0.15, -0.1) is 0 Å². The van der Waals surface area contributed by atoms with Gasteiger partial charge >= 0.3 is 0 Å². The number of primary amides is 2. The highest BCUT2D eigenvalue weighted by atomic mass is 35.5. The van der Waals surface area contributed by atoms with Gasteiger partial charge in [-0.05, 0) is 102 Å². The van der Waals surface area contributed by atoms with Crippen molar-refractivity contribution < 1.29 is 38.2 Å². The Morgan fingerprint density at radius 2 is 1.23 bits per heavy atom. The molecule has 0 fully saturated rings. The van der Waals surface area contributed by atoms with Gasteiger partial charge in [0.05, 0.1) is 65.3 Å². The number of nitrogens with two attached hydrogens (primary N) is 2. The van der Waals surface area contributed by atoms with E-state index >= 15 is 0 Å². The number of hydrogen-bond donors (Lipinski definition) is 6. The molecule has 9 aromatic rings. The van der Waals surface area contributed by atoms with Crippen LogP contribution in [-0.2, 0) is 42.0 Å². The molecule has 2 aromatic heterocycles. The standard InChI is InChI=1S/C38H36N6O4.C33H31ClN6O4/c1-41-35-19-32(34-21-42-24-44(34)22-27-12-10-26(20-39)11-13-27)30-8-5-9-31(36(30)48-35)38(46)43-33(37(40)45)18-25-14-16-29(17-15-25)47-23-28-6-3-2-4-7-28;1-20(41)40-19-37-18-30(40)28(15-21-5-7-23(17-35)8-6-21)38-27-13-14-44-31-25(27)3-2-4-26(31)33(43)39-29(32(36)42)16-22-9-11-24(34)12-10-22/h2-17,21,24,32-33,35,41H,18-19,22-23H2,1H3,(H2,40,45)(H,43,46);2-12,18-19,27-29,38H,13-16H2,1H3,(H2,36,42)(H,39,43)/t32?,33-,35?;27?,28?,29-/m00/s1. The van der Waals surface area contributed by atoms with Crippen molar-refractivity contribution >= 4 is 41.1 Å². The van der Waals surface area contributed by atoms with Crippen molar-refractivity contribution in [1.29, 1.82) is 10.5 Å². The van der Waals surface area contributed by atoms with E-state index in [2.05, 4.69) is 47.9 Å². The fourth-order valence-corrected chi connectivity index (χ4v) is 11.4. The average molecular weight is 1250 g/mol. The maximum absolute atomic E-state index is 13.8. The molecule has 0 saturated heterocycles. The van der Waals surface area contributed by atoms with Crippen LogP contribution in [-0.4, -0.2) is 80.6 Å². The van der Waals surface area contributed by atoms with E-state index in [0.717, 1.165) is 44.6 Å². The lowest BCUT2D eigenvalue weighted by atomic mass is 9.87. The third-order valence-electron chi connectivity index (χ3n) is 16.1. The Morgan fingerprint density at radius 3 is 1.83 bits per heavy atom. The summed E-state index contributed by atoms with van der Waals surface area (Å²) in [6.07, 6.45) is 8.57. The summed E-state index contributed by atoms with van der Waals surface area (Å²) >= 11 is 5.98. The van der Waals surface area contributed by atoms with Crippen LogP contribution in [0.3, 0.4) is 0 Å². The zero-order valence-corrected chi connectivity index (χ0v) is 51.3. The lowest BCUT2D eigenvalue weighted by molar-refractivity contribution is -0.120. The lowest BCUT2D eigenvalue weighted by Gasteiger charge is -2.33. The highest BCUT2D eigenvalue weighted by Crippen LogP contribution is 2.42. The molecule has 11 rings (SSSR count). The lowest BCUT2D eigenvalue weighted by Crippen LogP contribution is -2.46. The Bertz CT molecular complexity index is 4160. The molecule has 0 bridgehead atoms. The summed E-state index contributed by atoms with van der Waals surface area (Å²) in [5.74, 6) is -0.984. The first-order valence-corrected chi connectivity index (χ1v) is 30.2. The Labute approximate surface area is 537 Å². The van der Waals surface area contributed by atoms with E-state index in [-0.39, 0.29) is 48.5 Å². The molecular weight excluding hydrogens is 1180 g/mol. The Balaban J connectivity index is 0.000000202. The van der Waals surface area contributed by atoms with Gasteiger partial charge in [0, 0.05) is 79.2 Å². The molecule has 466 valence electrons. The Hall–Kier alpha value is -10.9. The van der Waals surface area contributed by atoms with Crippen molar-refractivity contribution in [3.8, 4) is 29.4 Å². The van der Waals surface area contributed by atoms with Crippen LogP contribution in [0.15, 0.2) is 189 Å². The van der Waals surface area contributed by atoms with Crippen molar-refractivity contribution in [2.24, 2.45) is 11.5 Å². The molecule has 8 N–H and O–H groups in total. The molecule has 20 nitrogen and oxygen atoms in total. The molecule has 4 amide bonds. The van der Waals surface area contributed by atoms with Gasteiger partial charge in [0.15, 0.2) is 6.23 Å². The SMILES string of the molecule is CC(=O)n1cncc1C(Cc1ccc(C#N)cc1)NC1CCOc2c(C(=O)N[C@@H](Cc3ccc(Cl)cc3)C(N)=O)cccc21.CNC1CC(c2cncn2Cc2ccc(C#N)cc2)c2cccc(C(=O)N[C@@H](Cc3ccc(OCc4ccccc4)cc3)C(N)=O)c2O1. The minimum Gasteiger partial charge on any atom is -0.492 e. The van der Waals surface area contributed by atoms with Crippen molar-refractivity contribution in [3.63, 3.8) is 0 Å². The van der Waals surface area contributed by atoms with E-state index in [1.165, 1.54) is 17.8 Å². The molecule has 0 spiro atoms. The van der Waals surface area contributed by atoms with E-state index in [0.29, 0.717) is 83.7 Å². The van der Waals surface area contributed by atoms with Gasteiger partial charge in [-0.3, -0.25) is 33.9 Å². The number of nitriles is 2. The second-order valence-electron chi connectivity index (χ2n) is 22.3. The van der Waals surface area contributed by atoms with E-state index in [4.69, 9.17) is 42.5 Å². The van der Waals surface area contributed by atoms with Gasteiger partial charge in [0.1, 0.15) is 42.3 Å². The van der Waals surface area contributed by atoms with Crippen LogP contribution in [0.2, 0.25) is 5.02 Å². The van der Waals surface area contributed by atoms with Crippen LogP contribution in [0.1, 0.15) is 125 Å². The molecule has 0 saturated carbocycles. The number of nitrogens with one attached hydrogen (secondary N) is 4. The minimum atomic E-state index is -0.946. The Morgan fingerprint density at radius 1 is 0.663 bits per heavy atom. The molecule has 4 unspecified atom stereocenters. The number of carbonyl (C=O) groups is 5. The molecule has 0 aliphatic carbocycles. The first kappa shape index (κ1) is 64.1. The fourth-order valence-electron chi connectivity index (χ4n) is 11.3. The van der Waals surface area contributed by atoms with Crippen LogP contribution >= 0.6 is 11.6 Å². The van der Waals surface area contributed by atoms with Crippen molar-refractivity contribution in [2.75, 3.05) is 13.7 Å². The highest BCUT2D eigenvalue weighted by molar-refractivity contribution is 6.30. The molecule has 4 heterocycles. The molecule has 6 atom stereocenters. The monoisotopic (exact) mass is 1250 g/mol. The van der Waals surface area contributed by atoms with Crippen molar-refractivity contribution in [2.45, 2.75) is 88.5 Å². The number of benzene rings is 7. The number of aromatic nitrogens is 4. The second-order valence-corrected chi connectivity index (χ2v) is 22.8. The number of rotatable bonds is 22. The summed E-state index contributed by atoms with van der Waals surface area (Å²) in [5.41, 5.74) is 21.1. The number of hydrogen-bond acceptors (Lipinski definition) is 14. The van der Waals surface area contributed by atoms with Crippen LogP contribution in [0.5, 0.6) is 17.2 Å². The van der Waals surface area contributed by atoms with Crippen LogP contribution < -0.4 is 46.9 Å². The molecule has 7 aromatic carbocycles. The molecule has 2 aliphatic heterocycles. The molecular formula is C71H67ClN12O8. The van der Waals surface area contributed by atoms with Crippen LogP contribution in [0, 0.1) is 22.7 Å². The number of ether oxygens (including phenoxy) is 3. The van der Waals surface area contributed by atoms with Gasteiger partial charge in [-0.25, -0.2) is 9.97 Å². The predicted molar refractivity (Wildman–Crippen MR) is 344 cm³/mol. The maximum atomic E-state index is 13.8. The molecule has 92 heavy (non-hydrogen) atoms. The smallest absolute Gasteiger partial charge is 0.255 e. The minimum absolute atomic E-state index is 0.130. The number of carbonyl (C=O) groups excluding carboxylic acids is 5. The van der Waals surface area contributed by atoms with Gasteiger partial charge < -0.3 is 46.2 Å². The predicted octanol–water partition coefficient (Wildman–Crippen LogP) is 8.96. The van der Waals surface area contributed by atoms with Crippen molar-refractivity contribution in [1.82, 2.24) is 40.4 Å². The topological polar surface area (TPSA) is 296 Å². The third kappa shape index (κ3) is 15.9. The van der Waals surface area contributed by atoms with E-state index in [1.807, 2.05) is 110 Å². The largest absolute Gasteiger partial charge is 0.492 e. The van der Waals surface area contributed by atoms with Gasteiger partial charge in [-0.2, -0.15) is 10.5 Å². The third-order valence-corrected chi connectivity index (χ3v) is 16.4. The quantitative estimate of drug-likeness (QED) is 0.0369.